The van der Waals surface area contributed by atoms with Crippen molar-refractivity contribution in [1.29, 1.82) is 0 Å². The number of hydrogen-bond acceptors (Lipinski definition) is 16. The van der Waals surface area contributed by atoms with Crippen molar-refractivity contribution in [2.75, 3.05) is 174 Å². The number of fused-ring (bicyclic) bond motifs is 4. The van der Waals surface area contributed by atoms with Crippen molar-refractivity contribution in [2.24, 2.45) is 28.2 Å². The van der Waals surface area contributed by atoms with Crippen LogP contribution in [0, 0.1) is 0 Å². The lowest BCUT2D eigenvalue weighted by molar-refractivity contribution is 0.0730. The summed E-state index contributed by atoms with van der Waals surface area (Å²) < 4.78 is 7.95. The molecule has 4 aliphatic rings. The monoisotopic (exact) mass is 1670 g/mol. The molecule has 0 aliphatic carbocycles. The van der Waals surface area contributed by atoms with Crippen molar-refractivity contribution in [3.05, 3.63) is 217 Å². The Hall–Kier alpha value is -12.1. The zero-order valence-corrected chi connectivity index (χ0v) is 76.6. The minimum atomic E-state index is 0. The van der Waals surface area contributed by atoms with Crippen molar-refractivity contribution in [3.63, 3.8) is 0 Å². The number of para-hydroxylation sites is 4. The summed E-state index contributed by atoms with van der Waals surface area (Å²) in [7, 11) is 15.4. The van der Waals surface area contributed by atoms with Crippen LogP contribution in [0.1, 0.15) is 168 Å². The van der Waals surface area contributed by atoms with E-state index in [-0.39, 0.29) is 38.5 Å². The van der Waals surface area contributed by atoms with Gasteiger partial charge in [0.25, 0.3) is 23.6 Å². The summed E-state index contributed by atoms with van der Waals surface area (Å²) in [5, 5.41) is 17.2. The molecule has 4 fully saturated rings. The number of nitrogens with zero attached hydrogens (tertiary/aromatic N) is 16. The zero-order chi connectivity index (χ0) is 88.4. The van der Waals surface area contributed by atoms with Gasteiger partial charge in [-0.1, -0.05) is 198 Å². The summed E-state index contributed by atoms with van der Waals surface area (Å²) >= 11 is 0. The lowest BCUT2D eigenvalue weighted by atomic mass is 10.2. The lowest BCUT2D eigenvalue weighted by Gasteiger charge is -2.36. The number of aromatic nitrogens is 8. The Bertz CT molecular complexity index is 4390. The Morgan fingerprint density at radius 2 is 0.410 bits per heavy atom. The van der Waals surface area contributed by atoms with Gasteiger partial charge < -0.3 is 78.7 Å². The minimum Gasteiger partial charge on any atom is -0.385 e. The number of carbonyl (C=O) groups is 4. The molecule has 4 aromatic carbocycles. The Labute approximate surface area is 731 Å². The Kier molecular flexibility index (Phi) is 46.9. The van der Waals surface area contributed by atoms with Gasteiger partial charge in [-0.25, -0.2) is 19.9 Å². The van der Waals surface area contributed by atoms with E-state index in [9.17, 15) is 19.2 Å². The molecular formula is C98H148N20O4. The number of benzene rings is 4. The van der Waals surface area contributed by atoms with Crippen LogP contribution in [0.3, 0.4) is 0 Å². The van der Waals surface area contributed by atoms with Gasteiger partial charge in [0.15, 0.2) is 23.3 Å². The van der Waals surface area contributed by atoms with Gasteiger partial charge in [-0.2, -0.15) is 0 Å². The first-order valence-corrected chi connectivity index (χ1v) is 43.6. The third-order valence-corrected chi connectivity index (χ3v) is 20.4. The summed E-state index contributed by atoms with van der Waals surface area (Å²) in [5.41, 5.74) is 11.4. The van der Waals surface area contributed by atoms with Gasteiger partial charge in [0.2, 0.25) is 0 Å². The highest BCUT2D eigenvalue weighted by atomic mass is 16.2. The first kappa shape index (κ1) is 104. The lowest BCUT2D eigenvalue weighted by Crippen LogP contribution is -2.49. The van der Waals surface area contributed by atoms with E-state index >= 15 is 0 Å². The molecule has 0 bridgehead atoms. The number of nitrogens with one attached hydrogen (secondary N) is 4. The van der Waals surface area contributed by atoms with E-state index < -0.39 is 0 Å². The zero-order valence-electron chi connectivity index (χ0n) is 76.6. The highest BCUT2D eigenvalue weighted by Gasteiger charge is 2.31. The van der Waals surface area contributed by atoms with Crippen LogP contribution < -0.4 is 40.9 Å². The molecule has 664 valence electrons. The topological polar surface area (TPSA) is 214 Å². The van der Waals surface area contributed by atoms with Gasteiger partial charge in [-0.3, -0.25) is 19.2 Å². The molecule has 8 aromatic heterocycles. The predicted molar refractivity (Wildman–Crippen MR) is 524 cm³/mol. The molecule has 12 heterocycles. The van der Waals surface area contributed by atoms with Crippen molar-refractivity contribution in [3.8, 4) is 0 Å². The molecule has 0 spiro atoms. The van der Waals surface area contributed by atoms with Crippen molar-refractivity contribution >= 4 is 113 Å². The van der Waals surface area contributed by atoms with Crippen LogP contribution in [-0.2, 0) is 28.2 Å². The van der Waals surface area contributed by atoms with Crippen LogP contribution in [0.15, 0.2) is 195 Å². The third kappa shape index (κ3) is 25.5. The molecule has 4 amide bonds. The molecule has 4 aliphatic heterocycles. The molecule has 12 aromatic rings. The summed E-state index contributed by atoms with van der Waals surface area (Å²) in [6, 6.07) is 56.1. The van der Waals surface area contributed by atoms with Gasteiger partial charge in [-0.05, 0) is 97.1 Å². The van der Waals surface area contributed by atoms with Gasteiger partial charge in [0, 0.05) is 229 Å². The minimum absolute atomic E-state index is 0. The average molecular weight is 1670 g/mol. The van der Waals surface area contributed by atoms with Crippen LogP contribution >= 0.6 is 0 Å². The quantitative estimate of drug-likeness (QED) is 0.0895. The molecule has 4 saturated heterocycles. The fraction of sp³-hybridized carbons (Fsp3) is 0.429. The molecule has 24 nitrogen and oxygen atoms in total. The normalized spacial score (nSPS) is 12.9. The second kappa shape index (κ2) is 55.0. The van der Waals surface area contributed by atoms with Gasteiger partial charge in [0.1, 0.15) is 22.8 Å². The third-order valence-electron chi connectivity index (χ3n) is 20.4. The van der Waals surface area contributed by atoms with E-state index in [4.69, 9.17) is 0 Å². The Balaban J connectivity index is 0.000000395. The Morgan fingerprint density at radius 3 is 0.566 bits per heavy atom. The fourth-order valence-electron chi connectivity index (χ4n) is 14.5. The molecule has 122 heavy (non-hydrogen) atoms. The number of aryl methyl sites for hydroxylation is 4. The van der Waals surface area contributed by atoms with E-state index in [0.29, 0.717) is 52.4 Å². The molecular weight excluding hydrogens is 1520 g/mol. The van der Waals surface area contributed by atoms with Crippen LogP contribution in [0.4, 0.5) is 46.0 Å². The van der Waals surface area contributed by atoms with Crippen LogP contribution in [0.5, 0.6) is 0 Å². The van der Waals surface area contributed by atoms with Gasteiger partial charge in [0.05, 0.1) is 22.7 Å². The highest BCUT2D eigenvalue weighted by Crippen LogP contribution is 2.31. The maximum atomic E-state index is 13.0. The second-order valence-corrected chi connectivity index (χ2v) is 26.2. The maximum Gasteiger partial charge on any atom is 0.270 e. The largest absolute Gasteiger partial charge is 0.385 e. The summed E-state index contributed by atoms with van der Waals surface area (Å²) in [5.74, 6) is 4.18. The summed E-state index contributed by atoms with van der Waals surface area (Å²) in [4.78, 5) is 86.7. The van der Waals surface area contributed by atoms with E-state index in [2.05, 4.69) is 60.8 Å². The molecule has 0 radical (unpaired) electrons. The average Bonchev–Trinajstić information content (AvgIpc) is 1.66. The van der Waals surface area contributed by atoms with Crippen LogP contribution in [-0.4, -0.2) is 214 Å². The molecule has 0 atom stereocenters. The van der Waals surface area contributed by atoms with Crippen LogP contribution in [0.25, 0.3) is 43.6 Å². The first-order chi connectivity index (χ1) is 58.7. The molecule has 16 rings (SSSR count). The number of carbonyl (C=O) groups excluding carboxylic acids is 4. The maximum absolute atomic E-state index is 13.0. The first-order valence-electron chi connectivity index (χ1n) is 43.6. The number of amides is 4. The molecule has 0 saturated carbocycles. The predicted octanol–water partition coefficient (Wildman–Crippen LogP) is 19.8. The highest BCUT2D eigenvalue weighted by molar-refractivity contribution is 6.02. The summed E-state index contributed by atoms with van der Waals surface area (Å²) in [6.45, 7) is 43.8. The van der Waals surface area contributed by atoms with E-state index in [0.717, 1.165) is 165 Å². The van der Waals surface area contributed by atoms with Gasteiger partial charge >= 0.3 is 0 Å². The number of rotatable bonds is 12. The number of hydrogen-bond donors (Lipinski definition) is 4. The van der Waals surface area contributed by atoms with Crippen molar-refractivity contribution in [2.45, 2.75) is 126 Å². The van der Waals surface area contributed by atoms with E-state index in [1.165, 1.54) is 0 Å². The van der Waals surface area contributed by atoms with Crippen LogP contribution in [0.2, 0.25) is 0 Å². The molecule has 4 N–H and O–H groups in total. The Morgan fingerprint density at radius 1 is 0.246 bits per heavy atom. The number of pyridine rings is 4. The number of anilines is 8. The molecule has 0 unspecified atom stereocenters. The second-order valence-electron chi connectivity index (χ2n) is 26.2. The van der Waals surface area contributed by atoms with Crippen molar-refractivity contribution < 1.29 is 19.2 Å². The van der Waals surface area contributed by atoms with E-state index in [1.54, 1.807) is 0 Å². The number of piperazine rings is 4. The van der Waals surface area contributed by atoms with Gasteiger partial charge in [-0.15, -0.1) is 0 Å². The standard InChI is InChI=1S/4C20H23N5O.8C2H6.2CH4/c4*1-21-16-7-5-9-22-19(16)24-10-12-25(13-11-24)20(26)18-14-15-6-3-4-8-17(15)23(18)2;8*1-2;;/h4*3-9,14,21H,10-13H2,1-2H3;8*1-2H3;2*1H4. The fourth-order valence-corrected chi connectivity index (χ4v) is 14.5. The smallest absolute Gasteiger partial charge is 0.270 e. The summed E-state index contributed by atoms with van der Waals surface area (Å²) in [6.07, 6.45) is 7.24. The van der Waals surface area contributed by atoms with Crippen molar-refractivity contribution in [1.82, 2.24) is 57.8 Å². The van der Waals surface area contributed by atoms with E-state index in [1.807, 2.05) is 400 Å². The SMILES string of the molecule is C.C.CC.CC.CC.CC.CC.CC.CC.CC.CNc1cccnc1N1CCN(C(=O)c2cc3ccccc3n2C)CC1.CNc1cccnc1N1CCN(C(=O)c2cc3ccccc3n2C)CC1.CNc1cccnc1N1CCN(C(=O)c2cc3ccccc3n2C)CC1.CNc1cccnc1N1CCN(C(=O)c2cc3ccccc3n2C)CC1. The molecule has 24 heteroatoms.